The second-order valence-electron chi connectivity index (χ2n) is 5.27. The van der Waals surface area contributed by atoms with Gasteiger partial charge < -0.3 is 15.1 Å². The van der Waals surface area contributed by atoms with Gasteiger partial charge in [0.15, 0.2) is 5.96 Å². The number of halogens is 2. The Bertz CT molecular complexity index is 841. The van der Waals surface area contributed by atoms with Crippen LogP contribution in [-0.4, -0.2) is 13.0 Å². The van der Waals surface area contributed by atoms with Crippen molar-refractivity contribution >= 4 is 16.9 Å². The molecule has 0 saturated heterocycles. The number of aliphatic imine (C=N–C) groups is 1. The molecule has 0 saturated carbocycles. The minimum Gasteiger partial charge on any atom is -0.459 e. The number of nitrogens with zero attached hydrogens (tertiary/aromatic N) is 1. The number of guanidine groups is 1. The summed E-state index contributed by atoms with van der Waals surface area (Å²) in [6, 6.07) is 13.0. The van der Waals surface area contributed by atoms with Crippen LogP contribution in [0.15, 0.2) is 57.9 Å². The molecule has 1 aromatic heterocycles. The van der Waals surface area contributed by atoms with Crippen LogP contribution in [0.2, 0.25) is 0 Å². The van der Waals surface area contributed by atoms with Gasteiger partial charge in [0.2, 0.25) is 0 Å². The molecule has 0 aliphatic carbocycles. The first-order chi connectivity index (χ1) is 11.7. The van der Waals surface area contributed by atoms with E-state index < -0.39 is 11.6 Å². The first-order valence-electron chi connectivity index (χ1n) is 7.51. The lowest BCUT2D eigenvalue weighted by Crippen LogP contribution is -2.36. The van der Waals surface area contributed by atoms with Gasteiger partial charge in [0.25, 0.3) is 0 Å². The van der Waals surface area contributed by atoms with Crippen LogP contribution in [-0.2, 0) is 13.1 Å². The van der Waals surface area contributed by atoms with Gasteiger partial charge in [-0.1, -0.05) is 18.2 Å². The zero-order chi connectivity index (χ0) is 16.9. The Labute approximate surface area is 138 Å². The minimum absolute atomic E-state index is 0.128. The predicted molar refractivity (Wildman–Crippen MR) is 89.6 cm³/mol. The Morgan fingerprint density at radius 2 is 1.83 bits per heavy atom. The van der Waals surface area contributed by atoms with E-state index in [0.29, 0.717) is 12.5 Å². The van der Waals surface area contributed by atoms with Crippen LogP contribution in [0.5, 0.6) is 0 Å². The molecule has 0 aliphatic rings. The van der Waals surface area contributed by atoms with Crippen molar-refractivity contribution < 1.29 is 13.2 Å². The molecule has 2 N–H and O–H groups in total. The van der Waals surface area contributed by atoms with Gasteiger partial charge in [0.05, 0.1) is 6.54 Å². The van der Waals surface area contributed by atoms with Crippen molar-refractivity contribution in [3.8, 4) is 0 Å². The molecule has 0 aliphatic heterocycles. The molecule has 124 valence electrons. The first kappa shape index (κ1) is 16.0. The average Bonchev–Trinajstić information content (AvgIpc) is 3.00. The highest BCUT2D eigenvalue weighted by Gasteiger charge is 2.07. The van der Waals surface area contributed by atoms with Crippen molar-refractivity contribution in [2.75, 3.05) is 7.05 Å². The molecule has 0 atom stereocenters. The Balaban J connectivity index is 1.59. The summed E-state index contributed by atoms with van der Waals surface area (Å²) in [5.41, 5.74) is 1.06. The predicted octanol–water partition coefficient (Wildman–Crippen LogP) is 3.58. The second-order valence-corrected chi connectivity index (χ2v) is 5.27. The fourth-order valence-corrected chi connectivity index (χ4v) is 2.37. The van der Waals surface area contributed by atoms with Crippen molar-refractivity contribution in [3.05, 3.63) is 71.5 Å². The molecule has 4 nitrogen and oxygen atoms in total. The molecule has 0 fully saturated rings. The highest BCUT2D eigenvalue weighted by molar-refractivity contribution is 5.80. The number of hydrogen-bond donors (Lipinski definition) is 2. The number of para-hydroxylation sites is 1. The van der Waals surface area contributed by atoms with E-state index in [1.807, 2.05) is 30.3 Å². The molecule has 1 heterocycles. The average molecular weight is 329 g/mol. The summed E-state index contributed by atoms with van der Waals surface area (Å²) in [6.45, 7) is 0.559. The zero-order valence-electron chi connectivity index (χ0n) is 13.1. The fourth-order valence-electron chi connectivity index (χ4n) is 2.37. The SMILES string of the molecule is CN=C(NCc1cc2ccccc2o1)NCc1cc(F)ccc1F. The monoisotopic (exact) mass is 329 g/mol. The van der Waals surface area contributed by atoms with Gasteiger partial charge in [0, 0.05) is 24.5 Å². The number of benzene rings is 2. The molecule has 3 aromatic rings. The third-order valence-electron chi connectivity index (χ3n) is 3.58. The number of furan rings is 1. The van der Waals surface area contributed by atoms with Crippen LogP contribution in [0, 0.1) is 11.6 Å². The maximum Gasteiger partial charge on any atom is 0.191 e. The molecular formula is C18H17F2N3O. The lowest BCUT2D eigenvalue weighted by atomic mass is 10.2. The summed E-state index contributed by atoms with van der Waals surface area (Å²) < 4.78 is 32.5. The fraction of sp³-hybridized carbons (Fsp3) is 0.167. The third kappa shape index (κ3) is 3.71. The Hall–Kier alpha value is -2.89. The summed E-state index contributed by atoms with van der Waals surface area (Å²) in [5, 5.41) is 7.06. The summed E-state index contributed by atoms with van der Waals surface area (Å²) in [6.07, 6.45) is 0. The largest absolute Gasteiger partial charge is 0.459 e. The van der Waals surface area contributed by atoms with Crippen molar-refractivity contribution in [1.29, 1.82) is 0 Å². The zero-order valence-corrected chi connectivity index (χ0v) is 13.1. The van der Waals surface area contributed by atoms with E-state index in [2.05, 4.69) is 15.6 Å². The first-order valence-corrected chi connectivity index (χ1v) is 7.51. The van der Waals surface area contributed by atoms with Gasteiger partial charge in [-0.05, 0) is 30.3 Å². The summed E-state index contributed by atoms with van der Waals surface area (Å²) in [7, 11) is 1.61. The second kappa shape index (κ2) is 7.12. The van der Waals surface area contributed by atoms with Gasteiger partial charge >= 0.3 is 0 Å². The number of hydrogen-bond acceptors (Lipinski definition) is 2. The van der Waals surface area contributed by atoms with Crippen LogP contribution < -0.4 is 10.6 Å². The molecule has 6 heteroatoms. The molecule has 0 amide bonds. The van der Waals surface area contributed by atoms with Crippen LogP contribution in [0.25, 0.3) is 11.0 Å². The van der Waals surface area contributed by atoms with E-state index in [4.69, 9.17) is 4.42 Å². The maximum atomic E-state index is 13.6. The van der Waals surface area contributed by atoms with Gasteiger partial charge in [-0.25, -0.2) is 8.78 Å². The number of rotatable bonds is 4. The normalized spacial score (nSPS) is 11.7. The quantitative estimate of drug-likeness (QED) is 0.568. The number of fused-ring (bicyclic) bond motifs is 1. The molecule has 0 bridgehead atoms. The Kier molecular flexibility index (Phi) is 4.74. The van der Waals surface area contributed by atoms with Gasteiger partial charge in [-0.2, -0.15) is 0 Å². The topological polar surface area (TPSA) is 49.6 Å². The van der Waals surface area contributed by atoms with E-state index in [0.717, 1.165) is 34.9 Å². The summed E-state index contributed by atoms with van der Waals surface area (Å²) in [4.78, 5) is 4.06. The van der Waals surface area contributed by atoms with Crippen LogP contribution in [0.3, 0.4) is 0 Å². The molecule has 0 spiro atoms. The minimum atomic E-state index is -0.474. The number of nitrogens with one attached hydrogen (secondary N) is 2. The Morgan fingerprint density at radius 1 is 1.04 bits per heavy atom. The Morgan fingerprint density at radius 3 is 2.62 bits per heavy atom. The molecular weight excluding hydrogens is 312 g/mol. The molecule has 2 aromatic carbocycles. The summed E-state index contributed by atoms with van der Waals surface area (Å²) >= 11 is 0. The van der Waals surface area contributed by atoms with Crippen molar-refractivity contribution in [2.24, 2.45) is 4.99 Å². The van der Waals surface area contributed by atoms with Gasteiger partial charge in [-0.3, -0.25) is 4.99 Å². The van der Waals surface area contributed by atoms with E-state index >= 15 is 0 Å². The lowest BCUT2D eigenvalue weighted by Gasteiger charge is -2.11. The highest BCUT2D eigenvalue weighted by atomic mass is 19.1. The van der Waals surface area contributed by atoms with E-state index in [1.54, 1.807) is 7.05 Å². The molecule has 24 heavy (non-hydrogen) atoms. The highest BCUT2D eigenvalue weighted by Crippen LogP contribution is 2.18. The van der Waals surface area contributed by atoms with E-state index in [1.165, 1.54) is 0 Å². The van der Waals surface area contributed by atoms with Crippen molar-refractivity contribution in [2.45, 2.75) is 13.1 Å². The standard InChI is InChI=1S/C18H17F2N3O/c1-21-18(22-10-13-8-14(19)6-7-16(13)20)23-11-15-9-12-4-2-3-5-17(12)24-15/h2-9H,10-11H2,1H3,(H2,21,22,23). The van der Waals surface area contributed by atoms with Gasteiger partial charge in [0.1, 0.15) is 23.0 Å². The van der Waals surface area contributed by atoms with Crippen molar-refractivity contribution in [1.82, 2.24) is 10.6 Å². The smallest absolute Gasteiger partial charge is 0.191 e. The van der Waals surface area contributed by atoms with Crippen LogP contribution >= 0.6 is 0 Å². The summed E-state index contributed by atoms with van der Waals surface area (Å²) in [5.74, 6) is 0.297. The maximum absolute atomic E-state index is 13.6. The van der Waals surface area contributed by atoms with Crippen molar-refractivity contribution in [3.63, 3.8) is 0 Å². The lowest BCUT2D eigenvalue weighted by molar-refractivity contribution is 0.537. The van der Waals surface area contributed by atoms with Crippen LogP contribution in [0.1, 0.15) is 11.3 Å². The van der Waals surface area contributed by atoms with E-state index in [9.17, 15) is 8.78 Å². The van der Waals surface area contributed by atoms with E-state index in [-0.39, 0.29) is 12.1 Å². The van der Waals surface area contributed by atoms with Gasteiger partial charge in [-0.15, -0.1) is 0 Å². The molecule has 0 radical (unpaired) electrons. The molecule has 3 rings (SSSR count). The van der Waals surface area contributed by atoms with Crippen LogP contribution in [0.4, 0.5) is 8.78 Å². The molecule has 0 unspecified atom stereocenters. The third-order valence-corrected chi connectivity index (χ3v) is 3.58.